The number of amides is 1. The molecule has 0 aromatic heterocycles. The highest BCUT2D eigenvalue weighted by Gasteiger charge is 2.80. The Balaban J connectivity index is 1.04. The van der Waals surface area contributed by atoms with Gasteiger partial charge in [-0.15, -0.1) is 0 Å². The minimum atomic E-state index is -1.16. The van der Waals surface area contributed by atoms with Crippen molar-refractivity contribution in [1.82, 2.24) is 4.90 Å². The standard InChI is InChI=1S/C40H61NO8/c1-9-10-29(45-8)35(43)41-19-20-46-33(22-41)49-32-15-16-40-23-39(40)18-17-38(7)26-11-13-28(34(37(5,6)44)47-24(2)42)48-30(26)21-27(38)25(39)12-14-31(40)36(32,3)4/h9-10,25-28,30-34,44H,1,11-23H2,2-8H3/b29-10-/t25?,26?,27?,28?,30?,31?,32-,33?,34-,38+,39-,40+/m0/s1. The van der Waals surface area contributed by atoms with Crippen molar-refractivity contribution >= 4 is 11.9 Å². The van der Waals surface area contributed by atoms with E-state index in [1.54, 1.807) is 30.9 Å². The van der Waals surface area contributed by atoms with Gasteiger partial charge in [0.15, 0.2) is 18.2 Å². The number of nitrogens with zero attached hydrogens (tertiary/aromatic N) is 1. The van der Waals surface area contributed by atoms with Gasteiger partial charge in [-0.05, 0) is 129 Å². The zero-order valence-electron chi connectivity index (χ0n) is 31.0. The van der Waals surface area contributed by atoms with Crippen LogP contribution in [0.2, 0.25) is 0 Å². The molecule has 7 fully saturated rings. The van der Waals surface area contributed by atoms with Crippen molar-refractivity contribution in [2.45, 2.75) is 142 Å². The number of esters is 1. The molecule has 5 saturated carbocycles. The second-order valence-electron chi connectivity index (χ2n) is 18.2. The number of allylic oxidation sites excluding steroid dienone is 2. The number of fused-ring (bicyclic) bond motifs is 4. The monoisotopic (exact) mass is 683 g/mol. The van der Waals surface area contributed by atoms with Crippen molar-refractivity contribution in [3.63, 3.8) is 0 Å². The number of aliphatic hydroxyl groups is 1. The summed E-state index contributed by atoms with van der Waals surface area (Å²) in [4.78, 5) is 26.8. The lowest BCUT2D eigenvalue weighted by Gasteiger charge is -2.60. The highest BCUT2D eigenvalue weighted by molar-refractivity contribution is 5.91. The number of methoxy groups -OCH3 is 1. The highest BCUT2D eigenvalue weighted by Crippen LogP contribution is 2.87. The fourth-order valence-electron chi connectivity index (χ4n) is 13.1. The molecule has 7 aliphatic rings. The first-order chi connectivity index (χ1) is 23.1. The third-order valence-corrected chi connectivity index (χ3v) is 15.2. The van der Waals surface area contributed by atoms with Gasteiger partial charge in [0.2, 0.25) is 0 Å². The van der Waals surface area contributed by atoms with Crippen LogP contribution >= 0.6 is 0 Å². The molecule has 9 heteroatoms. The van der Waals surface area contributed by atoms with E-state index in [0.29, 0.717) is 48.3 Å². The van der Waals surface area contributed by atoms with E-state index in [4.69, 9.17) is 23.7 Å². The maximum absolute atomic E-state index is 13.1. The lowest BCUT2D eigenvalue weighted by Crippen LogP contribution is -2.56. The van der Waals surface area contributed by atoms with E-state index in [-0.39, 0.29) is 46.8 Å². The number of rotatable bonds is 8. The molecular weight excluding hydrogens is 622 g/mol. The first-order valence-electron chi connectivity index (χ1n) is 19.1. The predicted octanol–water partition coefficient (Wildman–Crippen LogP) is 6.18. The molecule has 7 unspecified atom stereocenters. The Kier molecular flexibility index (Phi) is 8.93. The van der Waals surface area contributed by atoms with Gasteiger partial charge >= 0.3 is 5.97 Å². The van der Waals surface area contributed by atoms with Gasteiger partial charge in [-0.1, -0.05) is 33.4 Å². The van der Waals surface area contributed by atoms with E-state index in [1.807, 2.05) is 0 Å². The van der Waals surface area contributed by atoms with E-state index in [0.717, 1.165) is 31.6 Å². The average molecular weight is 684 g/mol. The molecule has 0 aromatic rings. The SMILES string of the molecule is C=C/C=C(\OC)C(=O)N1CCOC(O[C@H]2CC[C@]34C[C@]35CC[C@]3(C)C6CCC([C@H](OC(C)=O)C(C)(C)O)OC6CC3C5CCC4C2(C)C)C1. The molecule has 0 aromatic carbocycles. The van der Waals surface area contributed by atoms with Gasteiger partial charge in [-0.2, -0.15) is 0 Å². The molecule has 5 aliphatic carbocycles. The molecular formula is C40H61NO8. The third-order valence-electron chi connectivity index (χ3n) is 15.2. The fraction of sp³-hybridized carbons (Fsp3) is 0.850. The molecule has 2 spiro atoms. The molecule has 9 nitrogen and oxygen atoms in total. The summed E-state index contributed by atoms with van der Waals surface area (Å²) < 4.78 is 30.8. The molecule has 0 radical (unpaired) electrons. The second kappa shape index (κ2) is 12.3. The minimum Gasteiger partial charge on any atom is -0.491 e. The maximum Gasteiger partial charge on any atom is 0.303 e. The fourth-order valence-corrected chi connectivity index (χ4v) is 13.1. The molecule has 1 amide bonds. The number of morpholine rings is 1. The van der Waals surface area contributed by atoms with Gasteiger partial charge in [0, 0.05) is 13.5 Å². The summed E-state index contributed by atoms with van der Waals surface area (Å²) in [7, 11) is 1.51. The Morgan fingerprint density at radius 3 is 2.47 bits per heavy atom. The van der Waals surface area contributed by atoms with Crippen LogP contribution in [0.25, 0.3) is 0 Å². The molecule has 274 valence electrons. The quantitative estimate of drug-likeness (QED) is 0.140. The summed E-state index contributed by atoms with van der Waals surface area (Å²) in [6.07, 6.45) is 13.7. The summed E-state index contributed by atoms with van der Waals surface area (Å²) in [5.41, 5.74) is -0.0768. The van der Waals surface area contributed by atoms with Gasteiger partial charge in [0.1, 0.15) is 0 Å². The van der Waals surface area contributed by atoms with Crippen molar-refractivity contribution in [2.24, 2.45) is 45.3 Å². The van der Waals surface area contributed by atoms with E-state index < -0.39 is 18.0 Å². The van der Waals surface area contributed by atoms with Crippen molar-refractivity contribution in [3.05, 3.63) is 24.5 Å². The number of carbonyl (C=O) groups is 2. The van der Waals surface area contributed by atoms with Crippen LogP contribution in [0.3, 0.4) is 0 Å². The smallest absolute Gasteiger partial charge is 0.303 e. The molecule has 49 heavy (non-hydrogen) atoms. The first kappa shape index (κ1) is 35.5. The number of hydrogen-bond acceptors (Lipinski definition) is 8. The van der Waals surface area contributed by atoms with Crippen LogP contribution < -0.4 is 0 Å². The van der Waals surface area contributed by atoms with Crippen molar-refractivity contribution in [3.8, 4) is 0 Å². The van der Waals surface area contributed by atoms with Crippen LogP contribution in [-0.4, -0.2) is 85.0 Å². The largest absolute Gasteiger partial charge is 0.491 e. The molecule has 2 saturated heterocycles. The van der Waals surface area contributed by atoms with Gasteiger partial charge in [-0.3, -0.25) is 9.59 Å². The minimum absolute atomic E-state index is 0.00632. The molecule has 0 bridgehead atoms. The molecule has 2 heterocycles. The summed E-state index contributed by atoms with van der Waals surface area (Å²) in [6.45, 7) is 17.4. The van der Waals surface area contributed by atoms with Crippen LogP contribution in [0.1, 0.15) is 106 Å². The summed E-state index contributed by atoms with van der Waals surface area (Å²) in [6, 6.07) is 0. The Labute approximate surface area is 293 Å². The Morgan fingerprint density at radius 1 is 1.02 bits per heavy atom. The van der Waals surface area contributed by atoms with Crippen LogP contribution in [-0.2, 0) is 33.3 Å². The average Bonchev–Trinajstić information content (AvgIpc) is 3.62. The third kappa shape index (κ3) is 5.54. The summed E-state index contributed by atoms with van der Waals surface area (Å²) >= 11 is 0. The maximum atomic E-state index is 13.1. The highest BCUT2D eigenvalue weighted by atomic mass is 16.7. The van der Waals surface area contributed by atoms with Crippen LogP contribution in [0, 0.1) is 45.3 Å². The van der Waals surface area contributed by atoms with E-state index in [1.165, 1.54) is 52.6 Å². The zero-order valence-corrected chi connectivity index (χ0v) is 31.0. The van der Waals surface area contributed by atoms with Gasteiger partial charge in [0.25, 0.3) is 5.91 Å². The zero-order chi connectivity index (χ0) is 35.1. The number of carbonyl (C=O) groups excluding carboxylic acids is 2. The van der Waals surface area contributed by atoms with Crippen LogP contribution in [0.5, 0.6) is 0 Å². The van der Waals surface area contributed by atoms with Gasteiger partial charge in [-0.25, -0.2) is 0 Å². The van der Waals surface area contributed by atoms with E-state index in [2.05, 4.69) is 27.4 Å². The van der Waals surface area contributed by atoms with Crippen LogP contribution in [0.15, 0.2) is 24.5 Å². The molecule has 2 aliphatic heterocycles. The number of ether oxygens (including phenoxy) is 5. The summed E-state index contributed by atoms with van der Waals surface area (Å²) in [5, 5.41) is 10.9. The lowest BCUT2D eigenvalue weighted by atomic mass is 9.46. The van der Waals surface area contributed by atoms with Crippen molar-refractivity contribution in [1.29, 1.82) is 0 Å². The van der Waals surface area contributed by atoms with Crippen molar-refractivity contribution < 1.29 is 38.4 Å². The second-order valence-corrected chi connectivity index (χ2v) is 18.2. The van der Waals surface area contributed by atoms with Gasteiger partial charge < -0.3 is 33.7 Å². The predicted molar refractivity (Wildman–Crippen MR) is 184 cm³/mol. The first-order valence-corrected chi connectivity index (χ1v) is 19.1. The molecule has 1 N–H and O–H groups in total. The van der Waals surface area contributed by atoms with Crippen molar-refractivity contribution in [2.75, 3.05) is 26.8 Å². The van der Waals surface area contributed by atoms with Gasteiger partial charge in [0.05, 0.1) is 44.2 Å². The normalized spacial score (nSPS) is 44.7. The Morgan fingerprint density at radius 2 is 1.78 bits per heavy atom. The molecule has 7 rings (SSSR count). The number of hydrogen-bond donors (Lipinski definition) is 1. The van der Waals surface area contributed by atoms with E-state index >= 15 is 0 Å². The Bertz CT molecular complexity index is 1350. The van der Waals surface area contributed by atoms with E-state index in [9.17, 15) is 14.7 Å². The van der Waals surface area contributed by atoms with Crippen LogP contribution in [0.4, 0.5) is 0 Å². The summed E-state index contributed by atoms with van der Waals surface area (Å²) in [5.74, 6) is 2.26. The topological polar surface area (TPSA) is 104 Å². The Hall–Kier alpha value is -1.94. The molecule has 12 atom stereocenters. The lowest BCUT2D eigenvalue weighted by molar-refractivity contribution is -0.244.